The molecule has 0 radical (unpaired) electrons. The molecule has 0 saturated carbocycles. The second-order valence-corrected chi connectivity index (χ2v) is 7.01. The first kappa shape index (κ1) is 15.1. The van der Waals surface area contributed by atoms with E-state index in [0.29, 0.717) is 0 Å². The van der Waals surface area contributed by atoms with Crippen LogP contribution in [0, 0.1) is 20.8 Å². The third-order valence-electron chi connectivity index (χ3n) is 3.30. The van der Waals surface area contributed by atoms with Gasteiger partial charge in [-0.3, -0.25) is 0 Å². The zero-order valence-electron chi connectivity index (χ0n) is 11.1. The summed E-state index contributed by atoms with van der Waals surface area (Å²) in [6, 6.07) is 10.6. The highest BCUT2D eigenvalue weighted by molar-refractivity contribution is 9.10. The van der Waals surface area contributed by atoms with Crippen LogP contribution in [-0.2, 0) is 0 Å². The first-order valence-corrected chi connectivity index (χ1v) is 8.15. The number of alkyl halides is 1. The van der Waals surface area contributed by atoms with Crippen LogP contribution in [0.4, 0.5) is 0 Å². The van der Waals surface area contributed by atoms with Crippen molar-refractivity contribution >= 4 is 43.5 Å². The smallest absolute Gasteiger partial charge is 0.0647 e. The van der Waals surface area contributed by atoms with Crippen molar-refractivity contribution in [3.05, 3.63) is 67.6 Å². The maximum atomic E-state index is 6.16. The average molecular weight is 403 g/mol. The lowest BCUT2D eigenvalue weighted by atomic mass is 9.97. The third-order valence-corrected chi connectivity index (χ3v) is 5.61. The van der Waals surface area contributed by atoms with Gasteiger partial charge in [-0.15, -0.1) is 0 Å². The summed E-state index contributed by atoms with van der Waals surface area (Å²) in [5, 5.41) is 0.827. The Bertz CT molecular complexity index is 620. The SMILES string of the molecule is Cc1cc(C(Br)c2ccc(Br)c(C)c2)c(C)cc1Cl. The molecule has 0 aliphatic heterocycles. The van der Waals surface area contributed by atoms with Crippen LogP contribution in [0.1, 0.15) is 32.6 Å². The second kappa shape index (κ2) is 5.99. The summed E-state index contributed by atoms with van der Waals surface area (Å²) >= 11 is 13.5. The van der Waals surface area contributed by atoms with E-state index < -0.39 is 0 Å². The maximum absolute atomic E-state index is 6.16. The van der Waals surface area contributed by atoms with Gasteiger partial charge in [0.15, 0.2) is 0 Å². The van der Waals surface area contributed by atoms with E-state index in [1.165, 1.54) is 22.3 Å². The maximum Gasteiger partial charge on any atom is 0.0647 e. The predicted molar refractivity (Wildman–Crippen MR) is 90.6 cm³/mol. The van der Waals surface area contributed by atoms with Crippen molar-refractivity contribution in [2.75, 3.05) is 0 Å². The monoisotopic (exact) mass is 400 g/mol. The fraction of sp³-hybridized carbons (Fsp3) is 0.250. The molecule has 3 heteroatoms. The molecule has 19 heavy (non-hydrogen) atoms. The molecule has 0 amide bonds. The first-order valence-electron chi connectivity index (χ1n) is 6.07. The highest BCUT2D eigenvalue weighted by atomic mass is 79.9. The van der Waals surface area contributed by atoms with E-state index in [4.69, 9.17) is 11.6 Å². The van der Waals surface area contributed by atoms with Crippen molar-refractivity contribution in [3.8, 4) is 0 Å². The Hall–Kier alpha value is -0.310. The van der Waals surface area contributed by atoms with E-state index in [-0.39, 0.29) is 4.83 Å². The topological polar surface area (TPSA) is 0 Å². The molecular weight excluding hydrogens is 387 g/mol. The largest absolute Gasteiger partial charge is 0.0840 e. The van der Waals surface area contributed by atoms with Gasteiger partial charge >= 0.3 is 0 Å². The minimum atomic E-state index is 0.190. The summed E-state index contributed by atoms with van der Waals surface area (Å²) < 4.78 is 1.14. The zero-order chi connectivity index (χ0) is 14.2. The van der Waals surface area contributed by atoms with Crippen LogP contribution >= 0.6 is 43.5 Å². The Kier molecular flexibility index (Phi) is 4.75. The van der Waals surface area contributed by atoms with Crippen LogP contribution in [0.5, 0.6) is 0 Å². The molecule has 0 aliphatic carbocycles. The van der Waals surface area contributed by atoms with Gasteiger partial charge in [0.2, 0.25) is 0 Å². The van der Waals surface area contributed by atoms with Gasteiger partial charge in [-0.2, -0.15) is 0 Å². The minimum absolute atomic E-state index is 0.190. The molecule has 2 aromatic rings. The highest BCUT2D eigenvalue weighted by Crippen LogP contribution is 2.36. The molecule has 0 aliphatic rings. The quantitative estimate of drug-likeness (QED) is 0.502. The second-order valence-electron chi connectivity index (χ2n) is 4.83. The van der Waals surface area contributed by atoms with Gasteiger partial charge in [0.1, 0.15) is 0 Å². The number of rotatable bonds is 2. The molecule has 1 atom stereocenters. The van der Waals surface area contributed by atoms with Crippen molar-refractivity contribution in [3.63, 3.8) is 0 Å². The predicted octanol–water partition coefficient (Wildman–Crippen LogP) is 6.51. The van der Waals surface area contributed by atoms with Gasteiger partial charge in [-0.05, 0) is 60.7 Å². The summed E-state index contributed by atoms with van der Waals surface area (Å²) in [5.74, 6) is 0. The third kappa shape index (κ3) is 3.24. The lowest BCUT2D eigenvalue weighted by Crippen LogP contribution is -1.98. The Morgan fingerprint density at radius 3 is 2.26 bits per heavy atom. The molecule has 0 heterocycles. The van der Waals surface area contributed by atoms with Crippen LogP contribution in [-0.4, -0.2) is 0 Å². The van der Waals surface area contributed by atoms with E-state index in [1.54, 1.807) is 0 Å². The van der Waals surface area contributed by atoms with E-state index in [2.05, 4.69) is 70.0 Å². The highest BCUT2D eigenvalue weighted by Gasteiger charge is 2.15. The van der Waals surface area contributed by atoms with Crippen molar-refractivity contribution in [2.24, 2.45) is 0 Å². The van der Waals surface area contributed by atoms with Crippen molar-refractivity contribution in [1.29, 1.82) is 0 Å². The molecular formula is C16H15Br2Cl. The Balaban J connectivity index is 2.46. The summed E-state index contributed by atoms with van der Waals surface area (Å²) in [5.41, 5.74) is 6.08. The lowest BCUT2D eigenvalue weighted by molar-refractivity contribution is 1.12. The van der Waals surface area contributed by atoms with Gasteiger partial charge in [0.05, 0.1) is 4.83 Å². The van der Waals surface area contributed by atoms with Crippen LogP contribution in [0.15, 0.2) is 34.8 Å². The Labute approximate surface area is 136 Å². The van der Waals surface area contributed by atoms with Gasteiger partial charge < -0.3 is 0 Å². The van der Waals surface area contributed by atoms with E-state index in [1.807, 2.05) is 13.0 Å². The van der Waals surface area contributed by atoms with Crippen molar-refractivity contribution in [2.45, 2.75) is 25.6 Å². The molecule has 0 saturated heterocycles. The number of hydrogen-bond donors (Lipinski definition) is 0. The number of aryl methyl sites for hydroxylation is 3. The fourth-order valence-corrected chi connectivity index (χ4v) is 3.32. The molecule has 2 aromatic carbocycles. The Morgan fingerprint density at radius 2 is 1.63 bits per heavy atom. The average Bonchev–Trinajstić information content (AvgIpc) is 2.36. The molecule has 0 aromatic heterocycles. The van der Waals surface area contributed by atoms with E-state index >= 15 is 0 Å². The van der Waals surface area contributed by atoms with Gasteiger partial charge in [0.25, 0.3) is 0 Å². The van der Waals surface area contributed by atoms with Crippen molar-refractivity contribution in [1.82, 2.24) is 0 Å². The minimum Gasteiger partial charge on any atom is -0.0840 e. The molecule has 0 bridgehead atoms. The standard InChI is InChI=1S/C16H15Br2Cl/c1-9-8-15(19)11(3)7-13(9)16(18)12-4-5-14(17)10(2)6-12/h4-8,16H,1-3H3. The van der Waals surface area contributed by atoms with E-state index in [9.17, 15) is 0 Å². The molecule has 2 rings (SSSR count). The van der Waals surface area contributed by atoms with Crippen LogP contribution < -0.4 is 0 Å². The molecule has 100 valence electrons. The van der Waals surface area contributed by atoms with Crippen LogP contribution in [0.3, 0.4) is 0 Å². The van der Waals surface area contributed by atoms with Gasteiger partial charge in [0, 0.05) is 9.50 Å². The summed E-state index contributed by atoms with van der Waals surface area (Å²) in [6.07, 6.45) is 0. The summed E-state index contributed by atoms with van der Waals surface area (Å²) in [7, 11) is 0. The fourth-order valence-electron chi connectivity index (χ4n) is 2.08. The molecule has 0 N–H and O–H groups in total. The van der Waals surface area contributed by atoms with Crippen molar-refractivity contribution < 1.29 is 0 Å². The summed E-state index contributed by atoms with van der Waals surface area (Å²) in [4.78, 5) is 0.190. The van der Waals surface area contributed by atoms with Gasteiger partial charge in [-0.1, -0.05) is 61.7 Å². The summed E-state index contributed by atoms with van der Waals surface area (Å²) in [6.45, 7) is 6.24. The normalized spacial score (nSPS) is 12.5. The molecule has 1 unspecified atom stereocenters. The molecule has 0 spiro atoms. The van der Waals surface area contributed by atoms with Crippen LogP contribution in [0.25, 0.3) is 0 Å². The van der Waals surface area contributed by atoms with Gasteiger partial charge in [-0.25, -0.2) is 0 Å². The Morgan fingerprint density at radius 1 is 0.947 bits per heavy atom. The number of halogens is 3. The number of hydrogen-bond acceptors (Lipinski definition) is 0. The lowest BCUT2D eigenvalue weighted by Gasteiger charge is -2.16. The van der Waals surface area contributed by atoms with Crippen LogP contribution in [0.2, 0.25) is 5.02 Å². The number of benzene rings is 2. The molecule has 0 nitrogen and oxygen atoms in total. The zero-order valence-corrected chi connectivity index (χ0v) is 15.0. The van der Waals surface area contributed by atoms with E-state index in [0.717, 1.165) is 15.1 Å². The first-order chi connectivity index (χ1) is 8.90. The molecule has 0 fully saturated rings.